The van der Waals surface area contributed by atoms with Gasteiger partial charge in [0.2, 0.25) is 0 Å². The highest BCUT2D eigenvalue weighted by Crippen LogP contribution is 2.58. The van der Waals surface area contributed by atoms with Gasteiger partial charge in [-0.2, -0.15) is 0 Å². The zero-order valence-corrected chi connectivity index (χ0v) is 19.7. The molecular formula is C27H25ClN2O4. The van der Waals surface area contributed by atoms with Crippen molar-refractivity contribution in [2.24, 2.45) is 0 Å². The highest BCUT2D eigenvalue weighted by Gasteiger charge is 2.57. The van der Waals surface area contributed by atoms with Crippen molar-refractivity contribution >= 4 is 17.6 Å². The number of nitrogens with zero attached hydrogens (tertiary/aromatic N) is 2. The van der Waals surface area contributed by atoms with Gasteiger partial charge in [0.25, 0.3) is 0 Å². The zero-order chi connectivity index (χ0) is 23.4. The van der Waals surface area contributed by atoms with Crippen LogP contribution in [0.15, 0.2) is 59.5 Å². The molecule has 1 aromatic heterocycles. The number of esters is 1. The molecule has 2 aromatic carbocycles. The van der Waals surface area contributed by atoms with Gasteiger partial charge in [-0.1, -0.05) is 41.9 Å². The summed E-state index contributed by atoms with van der Waals surface area (Å²) in [6.07, 6.45) is 5.92. The Morgan fingerprint density at radius 2 is 1.94 bits per heavy atom. The molecule has 0 N–H and O–H groups in total. The number of carbonyl (C=O) groups excluding carboxylic acids is 1. The number of ether oxygens (including phenoxy) is 2. The van der Waals surface area contributed by atoms with Crippen molar-refractivity contribution in [3.8, 4) is 17.0 Å². The summed E-state index contributed by atoms with van der Waals surface area (Å²) in [4.78, 5) is 25.4. The van der Waals surface area contributed by atoms with Crippen molar-refractivity contribution in [1.82, 2.24) is 4.68 Å². The molecule has 0 amide bonds. The van der Waals surface area contributed by atoms with Crippen molar-refractivity contribution in [2.45, 2.75) is 50.8 Å². The van der Waals surface area contributed by atoms with E-state index in [9.17, 15) is 9.59 Å². The molecule has 1 saturated carbocycles. The fourth-order valence-corrected chi connectivity index (χ4v) is 5.66. The van der Waals surface area contributed by atoms with Crippen LogP contribution < -0.4 is 15.2 Å². The normalized spacial score (nSPS) is 18.8. The van der Waals surface area contributed by atoms with Crippen LogP contribution in [-0.4, -0.2) is 22.8 Å². The highest BCUT2D eigenvalue weighted by atomic mass is 35.5. The van der Waals surface area contributed by atoms with Crippen LogP contribution in [0.4, 0.5) is 0 Å². The fraction of sp³-hybridized carbons (Fsp3) is 0.333. The molecule has 1 saturated heterocycles. The minimum atomic E-state index is -0.586. The lowest BCUT2D eigenvalue weighted by atomic mass is 9.94. The maximum Gasteiger partial charge on any atom is 0.343 e. The van der Waals surface area contributed by atoms with Gasteiger partial charge in [-0.05, 0) is 55.9 Å². The van der Waals surface area contributed by atoms with Gasteiger partial charge in [0.05, 0.1) is 28.9 Å². The Bertz CT molecular complexity index is 1350. The van der Waals surface area contributed by atoms with Gasteiger partial charge < -0.3 is 9.47 Å². The molecule has 1 spiro atoms. The Balaban J connectivity index is 1.46. The zero-order valence-electron chi connectivity index (χ0n) is 18.9. The van der Waals surface area contributed by atoms with E-state index >= 15 is 0 Å². The van der Waals surface area contributed by atoms with Crippen LogP contribution in [0, 0.1) is 0 Å². The maximum absolute atomic E-state index is 12.9. The number of hydrogen-bond acceptors (Lipinski definition) is 5. The summed E-state index contributed by atoms with van der Waals surface area (Å²) in [5.41, 5.74) is 3.61. The third kappa shape index (κ3) is 3.31. The first-order valence-corrected chi connectivity index (χ1v) is 12.1. The molecule has 1 atom stereocenters. The van der Waals surface area contributed by atoms with Gasteiger partial charge in [-0.3, -0.25) is 14.5 Å². The summed E-state index contributed by atoms with van der Waals surface area (Å²) in [6.45, 7) is 2.39. The second-order valence-corrected chi connectivity index (χ2v) is 9.68. The van der Waals surface area contributed by atoms with E-state index in [1.54, 1.807) is 13.1 Å². The summed E-state index contributed by atoms with van der Waals surface area (Å²) in [5, 5.41) is 2.86. The predicted octanol–water partition coefficient (Wildman–Crippen LogP) is 5.24. The average molecular weight is 477 g/mol. The lowest BCUT2D eigenvalue weighted by Crippen LogP contribution is -2.46. The Labute approximate surface area is 202 Å². The topological polar surface area (TPSA) is 60.8 Å². The van der Waals surface area contributed by atoms with Crippen LogP contribution in [0.1, 0.15) is 60.1 Å². The molecule has 34 heavy (non-hydrogen) atoms. The number of benzene rings is 2. The molecule has 0 radical (unpaired) electrons. The molecule has 1 aliphatic carbocycles. The van der Waals surface area contributed by atoms with E-state index in [2.05, 4.69) is 5.01 Å². The number of halogens is 1. The maximum atomic E-state index is 12.9. The van der Waals surface area contributed by atoms with E-state index < -0.39 is 5.97 Å². The van der Waals surface area contributed by atoms with Gasteiger partial charge in [0, 0.05) is 17.8 Å². The predicted molar refractivity (Wildman–Crippen MR) is 130 cm³/mol. The lowest BCUT2D eigenvalue weighted by molar-refractivity contribution is 0.0523. The largest absolute Gasteiger partial charge is 0.487 e. The number of carbonyl (C=O) groups is 1. The van der Waals surface area contributed by atoms with Gasteiger partial charge in [-0.15, -0.1) is 0 Å². The summed E-state index contributed by atoms with van der Waals surface area (Å²) < 4.78 is 13.3. The van der Waals surface area contributed by atoms with E-state index in [1.807, 2.05) is 47.1 Å². The van der Waals surface area contributed by atoms with E-state index in [4.69, 9.17) is 21.1 Å². The SMILES string of the molecule is CCOC(=O)c1cn2c(cc1=O)-c1cc(Cl)c(OCc3ccccc3)cc1C1CCC3(CC3)N12. The average Bonchev–Trinajstić information content (AvgIpc) is 3.52. The lowest BCUT2D eigenvalue weighted by Gasteiger charge is -2.41. The number of aromatic nitrogens is 1. The first kappa shape index (κ1) is 21.3. The summed E-state index contributed by atoms with van der Waals surface area (Å²) in [6, 6.07) is 15.6. The minimum Gasteiger partial charge on any atom is -0.487 e. The fourth-order valence-electron chi connectivity index (χ4n) is 5.44. The van der Waals surface area contributed by atoms with Gasteiger partial charge in [0.1, 0.15) is 17.9 Å². The van der Waals surface area contributed by atoms with Crippen LogP contribution in [-0.2, 0) is 11.3 Å². The van der Waals surface area contributed by atoms with E-state index in [0.29, 0.717) is 17.4 Å². The molecule has 174 valence electrons. The molecular weight excluding hydrogens is 452 g/mol. The van der Waals surface area contributed by atoms with Crippen LogP contribution in [0.5, 0.6) is 5.75 Å². The Hall–Kier alpha value is -3.25. The van der Waals surface area contributed by atoms with Crippen LogP contribution >= 0.6 is 11.6 Å². The van der Waals surface area contributed by atoms with Gasteiger partial charge in [-0.25, -0.2) is 4.79 Å². The Morgan fingerprint density at radius 3 is 2.68 bits per heavy atom. The Morgan fingerprint density at radius 1 is 1.15 bits per heavy atom. The van der Waals surface area contributed by atoms with Crippen molar-refractivity contribution in [3.63, 3.8) is 0 Å². The monoisotopic (exact) mass is 476 g/mol. The van der Waals surface area contributed by atoms with E-state index in [0.717, 1.165) is 48.1 Å². The highest BCUT2D eigenvalue weighted by molar-refractivity contribution is 6.32. The van der Waals surface area contributed by atoms with Crippen LogP contribution in [0.3, 0.4) is 0 Å². The smallest absolute Gasteiger partial charge is 0.343 e. The molecule has 2 fully saturated rings. The minimum absolute atomic E-state index is 0.0596. The third-order valence-corrected chi connectivity index (χ3v) is 7.52. The van der Waals surface area contributed by atoms with Gasteiger partial charge in [0.15, 0.2) is 5.43 Å². The standard InChI is InChI=1S/C27H25ClN2O4/c1-2-33-26(32)20-15-29-23(14-24(20)31)18-12-21(28)25(34-16-17-6-4-3-5-7-17)13-19(18)22-8-9-27(10-11-27)30(22)29/h3-7,12-15,22H,2,8-11,16H2,1H3. The van der Waals surface area contributed by atoms with E-state index in [-0.39, 0.29) is 29.2 Å². The van der Waals surface area contributed by atoms with Crippen LogP contribution in [0.2, 0.25) is 5.02 Å². The number of pyridine rings is 1. The van der Waals surface area contributed by atoms with Crippen molar-refractivity contribution < 1.29 is 14.3 Å². The quantitative estimate of drug-likeness (QED) is 0.471. The molecule has 0 bridgehead atoms. The molecule has 7 heteroatoms. The molecule has 3 heterocycles. The molecule has 1 unspecified atom stereocenters. The van der Waals surface area contributed by atoms with Crippen LogP contribution in [0.25, 0.3) is 11.3 Å². The molecule has 3 aliphatic rings. The molecule has 3 aromatic rings. The second kappa shape index (κ2) is 7.91. The first-order chi connectivity index (χ1) is 16.5. The summed E-state index contributed by atoms with van der Waals surface area (Å²) in [5.74, 6) is 0.0526. The molecule has 6 rings (SSSR count). The van der Waals surface area contributed by atoms with Crippen molar-refractivity contribution in [3.05, 3.63) is 86.7 Å². The summed E-state index contributed by atoms with van der Waals surface area (Å²) in [7, 11) is 0. The third-order valence-electron chi connectivity index (χ3n) is 7.23. The Kier molecular flexibility index (Phi) is 4.96. The van der Waals surface area contributed by atoms with Crippen molar-refractivity contribution in [2.75, 3.05) is 11.6 Å². The summed E-state index contributed by atoms with van der Waals surface area (Å²) >= 11 is 6.67. The number of rotatable bonds is 5. The van der Waals surface area contributed by atoms with Crippen molar-refractivity contribution in [1.29, 1.82) is 0 Å². The number of fused-ring (bicyclic) bond motifs is 7. The van der Waals surface area contributed by atoms with E-state index in [1.165, 1.54) is 6.07 Å². The number of hydrogen-bond donors (Lipinski definition) is 0. The van der Waals surface area contributed by atoms with Gasteiger partial charge >= 0.3 is 5.97 Å². The molecule has 6 nitrogen and oxygen atoms in total. The second-order valence-electron chi connectivity index (χ2n) is 9.27. The first-order valence-electron chi connectivity index (χ1n) is 11.7. The molecule has 2 aliphatic heterocycles.